The number of rotatable bonds is 9. The SMILES string of the molecule is CCOC(=O)C1=C([C@H]2CC[C@H](c3ccn(CC(C)(C)C(=O)OC(C)(C)C)n3)CC2)NC(c2nccs2)=NC1c1ccc(F)c(F)c1Cl. The van der Waals surface area contributed by atoms with Crippen LogP contribution in [0.2, 0.25) is 5.02 Å². The number of carbonyl (C=O) groups excluding carboxylic acids is 2. The summed E-state index contributed by atoms with van der Waals surface area (Å²) in [5, 5.41) is 10.2. The molecule has 1 aliphatic heterocycles. The van der Waals surface area contributed by atoms with E-state index < -0.39 is 39.7 Å². The number of allylic oxidation sites excluding steroid dienone is 1. The van der Waals surface area contributed by atoms with Crippen molar-refractivity contribution in [2.45, 2.75) is 91.3 Å². The first-order valence-corrected chi connectivity index (χ1v) is 17.0. The summed E-state index contributed by atoms with van der Waals surface area (Å²) >= 11 is 7.70. The molecular formula is C34H40ClF2N5O4S. The molecule has 1 aromatic carbocycles. The molecule has 0 radical (unpaired) electrons. The minimum absolute atomic E-state index is 0.0872. The zero-order valence-corrected chi connectivity index (χ0v) is 29.0. The summed E-state index contributed by atoms with van der Waals surface area (Å²) in [4.78, 5) is 35.5. The molecule has 5 rings (SSSR count). The lowest BCUT2D eigenvalue weighted by Crippen LogP contribution is -2.38. The minimum Gasteiger partial charge on any atom is -0.463 e. The molecule has 0 spiro atoms. The van der Waals surface area contributed by atoms with Crippen molar-refractivity contribution < 1.29 is 27.8 Å². The fourth-order valence-corrected chi connectivity index (χ4v) is 6.84. The first kappa shape index (κ1) is 34.7. The summed E-state index contributed by atoms with van der Waals surface area (Å²) in [5.41, 5.74) is 0.605. The Kier molecular flexibility index (Phi) is 10.2. The summed E-state index contributed by atoms with van der Waals surface area (Å²) in [6, 6.07) is 3.30. The summed E-state index contributed by atoms with van der Waals surface area (Å²) in [6.45, 7) is 11.5. The number of aromatic nitrogens is 3. The van der Waals surface area contributed by atoms with Crippen LogP contribution in [0, 0.1) is 23.0 Å². The zero-order valence-electron chi connectivity index (χ0n) is 27.4. The van der Waals surface area contributed by atoms with Crippen LogP contribution in [0.25, 0.3) is 0 Å². The molecule has 1 aliphatic carbocycles. The average Bonchev–Trinajstić information content (AvgIpc) is 3.72. The van der Waals surface area contributed by atoms with E-state index in [1.807, 2.05) is 52.3 Å². The lowest BCUT2D eigenvalue weighted by atomic mass is 9.77. The third-order valence-electron chi connectivity index (χ3n) is 8.29. The number of benzene rings is 1. The van der Waals surface area contributed by atoms with Gasteiger partial charge in [0.25, 0.3) is 0 Å². The molecule has 1 fully saturated rings. The van der Waals surface area contributed by atoms with Crippen LogP contribution in [-0.4, -0.2) is 44.7 Å². The van der Waals surface area contributed by atoms with E-state index in [1.165, 1.54) is 17.4 Å². The molecule has 0 amide bonds. The van der Waals surface area contributed by atoms with Gasteiger partial charge < -0.3 is 14.8 Å². The van der Waals surface area contributed by atoms with E-state index in [1.54, 1.807) is 17.8 Å². The van der Waals surface area contributed by atoms with E-state index >= 15 is 0 Å². The van der Waals surface area contributed by atoms with Crippen molar-refractivity contribution in [1.29, 1.82) is 0 Å². The number of ether oxygens (including phenoxy) is 2. The van der Waals surface area contributed by atoms with E-state index in [9.17, 15) is 18.4 Å². The summed E-state index contributed by atoms with van der Waals surface area (Å²) < 4.78 is 41.7. The van der Waals surface area contributed by atoms with Gasteiger partial charge in [0.2, 0.25) is 0 Å². The maximum atomic E-state index is 14.7. The Bertz CT molecular complexity index is 1690. The highest BCUT2D eigenvalue weighted by molar-refractivity contribution is 7.11. The van der Waals surface area contributed by atoms with Crippen LogP contribution < -0.4 is 5.32 Å². The second kappa shape index (κ2) is 13.8. The van der Waals surface area contributed by atoms with E-state index in [-0.39, 0.29) is 35.5 Å². The van der Waals surface area contributed by atoms with Gasteiger partial charge in [0.15, 0.2) is 22.5 Å². The molecular weight excluding hydrogens is 648 g/mol. The number of aliphatic imine (C=N–C) groups is 1. The molecule has 3 aromatic rings. The summed E-state index contributed by atoms with van der Waals surface area (Å²) in [7, 11) is 0. The highest BCUT2D eigenvalue weighted by Crippen LogP contribution is 2.44. The molecule has 0 bridgehead atoms. The van der Waals surface area contributed by atoms with Crippen LogP contribution in [0.5, 0.6) is 0 Å². The molecule has 13 heteroatoms. The molecule has 1 unspecified atom stereocenters. The molecule has 2 aromatic heterocycles. The highest BCUT2D eigenvalue weighted by Gasteiger charge is 2.39. The molecule has 3 heterocycles. The number of amidine groups is 1. The third kappa shape index (κ3) is 7.75. The number of halogens is 3. The second-order valence-corrected chi connectivity index (χ2v) is 14.8. The van der Waals surface area contributed by atoms with Gasteiger partial charge >= 0.3 is 11.9 Å². The smallest absolute Gasteiger partial charge is 0.338 e. The summed E-state index contributed by atoms with van der Waals surface area (Å²) in [5.74, 6) is -2.66. The molecule has 9 nitrogen and oxygen atoms in total. The van der Waals surface area contributed by atoms with Crippen LogP contribution in [0.15, 0.2) is 52.2 Å². The van der Waals surface area contributed by atoms with Gasteiger partial charge in [0.05, 0.1) is 34.9 Å². The number of hydrogen-bond acceptors (Lipinski definition) is 9. The van der Waals surface area contributed by atoms with Crippen LogP contribution >= 0.6 is 22.9 Å². The molecule has 1 saturated carbocycles. The quantitative estimate of drug-likeness (QED) is 0.183. The number of thiazole rings is 1. The number of nitrogens with zero attached hydrogens (tertiary/aromatic N) is 4. The molecule has 1 atom stereocenters. The average molecular weight is 688 g/mol. The normalized spacial score (nSPS) is 20.4. The van der Waals surface area contributed by atoms with E-state index in [0.29, 0.717) is 23.1 Å². The summed E-state index contributed by atoms with van der Waals surface area (Å²) in [6.07, 6.45) is 6.56. The van der Waals surface area contributed by atoms with Crippen LogP contribution in [0.4, 0.5) is 8.78 Å². The molecule has 47 heavy (non-hydrogen) atoms. The number of hydrogen-bond donors (Lipinski definition) is 1. The monoisotopic (exact) mass is 687 g/mol. The molecule has 2 aliphatic rings. The first-order valence-electron chi connectivity index (χ1n) is 15.7. The van der Waals surface area contributed by atoms with Gasteiger partial charge in [0, 0.05) is 35.0 Å². The van der Waals surface area contributed by atoms with Gasteiger partial charge in [-0.1, -0.05) is 17.7 Å². The number of nitrogens with one attached hydrogen (secondary N) is 1. The van der Waals surface area contributed by atoms with Crippen molar-refractivity contribution in [3.63, 3.8) is 0 Å². The van der Waals surface area contributed by atoms with Gasteiger partial charge in [-0.05, 0) is 85.3 Å². The predicted octanol–water partition coefficient (Wildman–Crippen LogP) is 7.52. The van der Waals surface area contributed by atoms with Crippen LogP contribution in [-0.2, 0) is 25.6 Å². The predicted molar refractivity (Wildman–Crippen MR) is 176 cm³/mol. The number of carbonyl (C=O) groups is 2. The van der Waals surface area contributed by atoms with Gasteiger partial charge in [-0.25, -0.2) is 18.6 Å². The lowest BCUT2D eigenvalue weighted by Gasteiger charge is -2.35. The van der Waals surface area contributed by atoms with Crippen LogP contribution in [0.1, 0.15) is 95.5 Å². The Balaban J connectivity index is 1.41. The largest absolute Gasteiger partial charge is 0.463 e. The Hall–Kier alpha value is -3.64. The van der Waals surface area contributed by atoms with Gasteiger partial charge in [-0.15, -0.1) is 11.3 Å². The fourth-order valence-electron chi connectivity index (χ4n) is 5.99. The van der Waals surface area contributed by atoms with Crippen molar-refractivity contribution in [2.75, 3.05) is 6.61 Å². The van der Waals surface area contributed by atoms with Gasteiger partial charge in [-0.2, -0.15) is 5.10 Å². The fraction of sp³-hybridized carbons (Fsp3) is 0.500. The second-order valence-electron chi connectivity index (χ2n) is 13.5. The van der Waals surface area contributed by atoms with Crippen molar-refractivity contribution in [2.24, 2.45) is 16.3 Å². The lowest BCUT2D eigenvalue weighted by molar-refractivity contribution is -0.166. The standard InChI is InChI=1S/C34H40ClF2N5O4S/c1-7-45-31(43)24-27(39-29(30-38-15-17-47-30)40-28(24)21-12-13-22(36)26(37)25(21)35)20-10-8-19(9-11-20)23-14-16-42(41-23)18-34(5,6)32(44)46-33(2,3)4/h12-17,19-20,28H,7-11,18H2,1-6H3,(H,39,40)/t19-,20-,28?. The van der Waals surface area contributed by atoms with Crippen LogP contribution in [0.3, 0.4) is 0 Å². The van der Waals surface area contributed by atoms with Crippen molar-refractivity contribution in [1.82, 2.24) is 20.1 Å². The van der Waals surface area contributed by atoms with Crippen molar-refractivity contribution >= 4 is 40.7 Å². The minimum atomic E-state index is -1.20. The molecule has 1 N–H and O–H groups in total. The highest BCUT2D eigenvalue weighted by atomic mass is 35.5. The first-order chi connectivity index (χ1) is 22.2. The Morgan fingerprint density at radius 3 is 2.43 bits per heavy atom. The topological polar surface area (TPSA) is 108 Å². The van der Waals surface area contributed by atoms with E-state index in [2.05, 4.69) is 10.3 Å². The zero-order chi connectivity index (χ0) is 34.1. The number of esters is 2. The van der Waals surface area contributed by atoms with Crippen molar-refractivity contribution in [3.05, 3.63) is 80.2 Å². The Morgan fingerprint density at radius 2 is 1.79 bits per heavy atom. The molecule has 0 saturated heterocycles. The van der Waals surface area contributed by atoms with Gasteiger partial charge in [0.1, 0.15) is 11.6 Å². The van der Waals surface area contributed by atoms with Gasteiger partial charge in [-0.3, -0.25) is 14.5 Å². The maximum Gasteiger partial charge on any atom is 0.338 e. The van der Waals surface area contributed by atoms with E-state index in [4.69, 9.17) is 31.2 Å². The van der Waals surface area contributed by atoms with E-state index in [0.717, 1.165) is 37.4 Å². The Morgan fingerprint density at radius 1 is 1.09 bits per heavy atom. The Labute approximate surface area is 282 Å². The maximum absolute atomic E-state index is 14.7. The molecule has 252 valence electrons. The van der Waals surface area contributed by atoms with Crippen molar-refractivity contribution in [3.8, 4) is 0 Å². The third-order valence-corrected chi connectivity index (χ3v) is 9.45.